The highest BCUT2D eigenvalue weighted by atomic mass is 32.2. The van der Waals surface area contributed by atoms with Crippen molar-refractivity contribution in [1.29, 1.82) is 0 Å². The Morgan fingerprint density at radius 1 is 1.20 bits per heavy atom. The molecule has 0 fully saturated rings. The van der Waals surface area contributed by atoms with Crippen molar-refractivity contribution in [3.63, 3.8) is 0 Å². The number of methoxy groups -OCH3 is 1. The normalized spacial score (nSPS) is 11.2. The van der Waals surface area contributed by atoms with Crippen LogP contribution >= 0.6 is 11.8 Å². The largest absolute Gasteiger partial charge is 0.497 e. The van der Waals surface area contributed by atoms with Gasteiger partial charge in [-0.1, -0.05) is 44.2 Å². The van der Waals surface area contributed by atoms with Gasteiger partial charge in [0.2, 0.25) is 0 Å². The van der Waals surface area contributed by atoms with Gasteiger partial charge in [0.05, 0.1) is 12.6 Å². The van der Waals surface area contributed by atoms with Gasteiger partial charge in [0.15, 0.2) is 0 Å². The smallest absolute Gasteiger partial charge is 0.353 e. The Balaban J connectivity index is 2.26. The summed E-state index contributed by atoms with van der Waals surface area (Å²) in [4.78, 5) is 12.9. The lowest BCUT2D eigenvalue weighted by molar-refractivity contribution is 0.0682. The highest BCUT2D eigenvalue weighted by molar-refractivity contribution is 8.00. The predicted octanol–water partition coefficient (Wildman–Crippen LogP) is 4.90. The van der Waals surface area contributed by atoms with Crippen molar-refractivity contribution in [2.75, 3.05) is 7.11 Å². The van der Waals surface area contributed by atoms with E-state index >= 15 is 0 Å². The second kappa shape index (κ2) is 7.23. The molecule has 2 aromatic carbocycles. The van der Waals surface area contributed by atoms with Crippen LogP contribution in [0.15, 0.2) is 53.4 Å². The SMILES string of the molecule is COc1ccc2c(c1)c(SC(C)C)c(C(=O)O)n2Cc1ccccc1. The van der Waals surface area contributed by atoms with Gasteiger partial charge in [-0.2, -0.15) is 0 Å². The third-order valence-corrected chi connectivity index (χ3v) is 5.08. The van der Waals surface area contributed by atoms with Crippen LogP contribution in [0.4, 0.5) is 0 Å². The summed E-state index contributed by atoms with van der Waals surface area (Å²) in [6, 6.07) is 15.6. The van der Waals surface area contributed by atoms with Crippen LogP contribution in [0.5, 0.6) is 5.75 Å². The number of carboxylic acid groups (broad SMARTS) is 1. The topological polar surface area (TPSA) is 51.5 Å². The van der Waals surface area contributed by atoms with Gasteiger partial charge in [0.1, 0.15) is 11.4 Å². The number of carboxylic acids is 1. The van der Waals surface area contributed by atoms with E-state index in [2.05, 4.69) is 13.8 Å². The summed E-state index contributed by atoms with van der Waals surface area (Å²) in [5.41, 5.74) is 2.31. The minimum atomic E-state index is -0.908. The van der Waals surface area contributed by atoms with Crippen molar-refractivity contribution >= 4 is 28.6 Å². The average Bonchev–Trinajstić information content (AvgIpc) is 2.88. The number of thioether (sulfide) groups is 1. The van der Waals surface area contributed by atoms with E-state index in [4.69, 9.17) is 4.74 Å². The van der Waals surface area contributed by atoms with Gasteiger partial charge in [0.25, 0.3) is 0 Å². The van der Waals surface area contributed by atoms with E-state index in [0.717, 1.165) is 27.1 Å². The zero-order chi connectivity index (χ0) is 18.0. The summed E-state index contributed by atoms with van der Waals surface area (Å²) in [6.07, 6.45) is 0. The van der Waals surface area contributed by atoms with Crippen molar-refractivity contribution in [1.82, 2.24) is 4.57 Å². The molecule has 0 aliphatic heterocycles. The average molecular weight is 355 g/mol. The maximum absolute atomic E-state index is 12.1. The maximum Gasteiger partial charge on any atom is 0.353 e. The van der Waals surface area contributed by atoms with Gasteiger partial charge in [-0.05, 0) is 23.8 Å². The summed E-state index contributed by atoms with van der Waals surface area (Å²) < 4.78 is 7.23. The van der Waals surface area contributed by atoms with Crippen LogP contribution in [0.3, 0.4) is 0 Å². The number of aromatic nitrogens is 1. The first-order chi connectivity index (χ1) is 12.0. The standard InChI is InChI=1S/C20H21NO3S/c1-13(2)25-19-16-11-15(24-3)9-10-17(16)21(18(19)20(22)23)12-14-7-5-4-6-8-14/h4-11,13H,12H2,1-3H3,(H,22,23). The molecule has 1 aromatic heterocycles. The van der Waals surface area contributed by atoms with Gasteiger partial charge in [-0.3, -0.25) is 0 Å². The number of hydrogen-bond donors (Lipinski definition) is 1. The lowest BCUT2D eigenvalue weighted by Gasteiger charge is -2.10. The second-order valence-electron chi connectivity index (χ2n) is 6.10. The van der Waals surface area contributed by atoms with Gasteiger partial charge in [-0.25, -0.2) is 4.79 Å². The Labute approximate surface area is 151 Å². The molecule has 130 valence electrons. The van der Waals surface area contributed by atoms with Crippen LogP contribution in [-0.2, 0) is 6.54 Å². The minimum absolute atomic E-state index is 0.278. The fraction of sp³-hybridized carbons (Fsp3) is 0.250. The molecule has 0 aliphatic rings. The quantitative estimate of drug-likeness (QED) is 0.639. The van der Waals surface area contributed by atoms with Crippen LogP contribution in [0.25, 0.3) is 10.9 Å². The van der Waals surface area contributed by atoms with Gasteiger partial charge in [-0.15, -0.1) is 11.8 Å². The second-order valence-corrected chi connectivity index (χ2v) is 7.69. The summed E-state index contributed by atoms with van der Waals surface area (Å²) in [7, 11) is 1.62. The van der Waals surface area contributed by atoms with Crippen molar-refractivity contribution < 1.29 is 14.6 Å². The molecule has 3 rings (SSSR count). The number of nitrogens with zero attached hydrogens (tertiary/aromatic N) is 1. The molecule has 0 amide bonds. The number of rotatable bonds is 6. The van der Waals surface area contributed by atoms with Crippen LogP contribution in [0, 0.1) is 0 Å². The van der Waals surface area contributed by atoms with Crippen LogP contribution in [0.2, 0.25) is 0 Å². The number of hydrogen-bond acceptors (Lipinski definition) is 3. The summed E-state index contributed by atoms with van der Waals surface area (Å²) in [5.74, 6) is -0.179. The Morgan fingerprint density at radius 3 is 2.52 bits per heavy atom. The van der Waals surface area contributed by atoms with Crippen LogP contribution in [-0.4, -0.2) is 28.0 Å². The molecule has 0 unspecified atom stereocenters. The number of carbonyl (C=O) groups is 1. The highest BCUT2D eigenvalue weighted by Crippen LogP contribution is 2.38. The molecule has 5 heteroatoms. The van der Waals surface area contributed by atoms with Crippen LogP contribution in [0.1, 0.15) is 29.9 Å². The summed E-state index contributed by atoms with van der Waals surface area (Å²) in [5, 5.41) is 11.1. The van der Waals surface area contributed by atoms with Crippen LogP contribution < -0.4 is 4.74 Å². The number of fused-ring (bicyclic) bond motifs is 1. The lowest BCUT2D eigenvalue weighted by Crippen LogP contribution is -2.10. The Hall–Kier alpha value is -2.40. The van der Waals surface area contributed by atoms with E-state index in [1.807, 2.05) is 53.1 Å². The third-order valence-electron chi connectivity index (χ3n) is 3.96. The number of benzene rings is 2. The molecule has 0 spiro atoms. The molecule has 0 saturated carbocycles. The summed E-state index contributed by atoms with van der Waals surface area (Å²) in [6.45, 7) is 4.65. The molecule has 0 radical (unpaired) electrons. The van der Waals surface area contributed by atoms with Gasteiger partial charge >= 0.3 is 5.97 Å². The van der Waals surface area contributed by atoms with Gasteiger partial charge < -0.3 is 14.4 Å². The summed E-state index contributed by atoms with van der Waals surface area (Å²) >= 11 is 1.58. The minimum Gasteiger partial charge on any atom is -0.497 e. The van der Waals surface area contributed by atoms with Crippen molar-refractivity contribution in [2.45, 2.75) is 30.5 Å². The predicted molar refractivity (Wildman–Crippen MR) is 102 cm³/mol. The first-order valence-corrected chi connectivity index (χ1v) is 9.03. The zero-order valence-corrected chi connectivity index (χ0v) is 15.3. The molecule has 25 heavy (non-hydrogen) atoms. The molecule has 0 atom stereocenters. The number of aromatic carboxylic acids is 1. The molecular weight excluding hydrogens is 334 g/mol. The monoisotopic (exact) mass is 355 g/mol. The molecule has 0 bridgehead atoms. The third kappa shape index (κ3) is 3.51. The van der Waals surface area contributed by atoms with Crippen molar-refractivity contribution in [3.05, 3.63) is 59.8 Å². The maximum atomic E-state index is 12.1. The Kier molecular flexibility index (Phi) is 5.04. The molecule has 0 saturated heterocycles. The Morgan fingerprint density at radius 2 is 1.92 bits per heavy atom. The molecular formula is C20H21NO3S. The fourth-order valence-corrected chi connectivity index (χ4v) is 4.00. The first-order valence-electron chi connectivity index (χ1n) is 8.15. The Bertz CT molecular complexity index is 900. The van der Waals surface area contributed by atoms with Gasteiger partial charge in [0, 0.05) is 22.1 Å². The molecule has 4 nitrogen and oxygen atoms in total. The van der Waals surface area contributed by atoms with Crippen molar-refractivity contribution in [3.8, 4) is 5.75 Å². The molecule has 1 N–H and O–H groups in total. The lowest BCUT2D eigenvalue weighted by atomic mass is 10.2. The zero-order valence-electron chi connectivity index (χ0n) is 14.5. The first kappa shape index (κ1) is 17.4. The van der Waals surface area contributed by atoms with E-state index in [1.54, 1.807) is 18.9 Å². The van der Waals surface area contributed by atoms with E-state index < -0.39 is 5.97 Å². The van der Waals surface area contributed by atoms with E-state index in [0.29, 0.717) is 12.2 Å². The van der Waals surface area contributed by atoms with E-state index in [1.165, 1.54) is 0 Å². The van der Waals surface area contributed by atoms with E-state index in [9.17, 15) is 9.90 Å². The molecule has 3 aromatic rings. The van der Waals surface area contributed by atoms with E-state index in [-0.39, 0.29) is 5.25 Å². The van der Waals surface area contributed by atoms with Crippen molar-refractivity contribution in [2.24, 2.45) is 0 Å². The fourth-order valence-electron chi connectivity index (χ4n) is 2.93. The number of ether oxygens (including phenoxy) is 1. The highest BCUT2D eigenvalue weighted by Gasteiger charge is 2.24. The molecule has 0 aliphatic carbocycles. The molecule has 1 heterocycles.